The molecule has 98 valence electrons. The average molecular weight is 277 g/mol. The highest BCUT2D eigenvalue weighted by atomic mass is 35.5. The molecule has 2 aromatic carbocycles. The lowest BCUT2D eigenvalue weighted by Crippen LogP contribution is -1.93. The molecule has 0 unspecified atom stereocenters. The molecule has 0 spiro atoms. The summed E-state index contributed by atoms with van der Waals surface area (Å²) in [4.78, 5) is 10.9. The maximum absolute atomic E-state index is 10.9. The van der Waals surface area contributed by atoms with Gasteiger partial charge in [-0.2, -0.15) is 0 Å². The number of hydrogen-bond acceptors (Lipinski definition) is 3. The molecule has 1 N–H and O–H groups in total. The van der Waals surface area contributed by atoms with Gasteiger partial charge in [-0.15, -0.1) is 0 Å². The number of carbonyl (C=O) groups is 1. The Bertz CT molecular complexity index is 564. The summed E-state index contributed by atoms with van der Waals surface area (Å²) >= 11 is 6.02. The predicted molar refractivity (Wildman–Crippen MR) is 74.1 cm³/mol. The van der Waals surface area contributed by atoms with Crippen molar-refractivity contribution < 1.29 is 14.6 Å². The second kappa shape index (κ2) is 6.36. The Morgan fingerprint density at radius 2 is 1.89 bits per heavy atom. The predicted octanol–water partition coefficient (Wildman–Crippen LogP) is 3.48. The number of rotatable bonds is 5. The Morgan fingerprint density at radius 3 is 2.53 bits per heavy atom. The van der Waals surface area contributed by atoms with Gasteiger partial charge in [0.2, 0.25) is 0 Å². The molecule has 0 radical (unpaired) electrons. The number of ether oxygens (including phenoxy) is 1. The van der Waals surface area contributed by atoms with Crippen molar-refractivity contribution in [2.24, 2.45) is 0 Å². The van der Waals surface area contributed by atoms with E-state index in [1.807, 2.05) is 12.1 Å². The number of carbonyl (C=O) groups excluding carboxylic acids is 1. The summed E-state index contributed by atoms with van der Waals surface area (Å²) in [7, 11) is 0. The van der Waals surface area contributed by atoms with Crippen LogP contribution >= 0.6 is 11.6 Å². The van der Waals surface area contributed by atoms with E-state index in [2.05, 4.69) is 0 Å². The average Bonchev–Trinajstić information content (AvgIpc) is 2.43. The van der Waals surface area contributed by atoms with E-state index >= 15 is 0 Å². The van der Waals surface area contributed by atoms with E-state index in [4.69, 9.17) is 21.4 Å². The molecule has 0 atom stereocenters. The first kappa shape index (κ1) is 13.6. The molecule has 0 aliphatic rings. The van der Waals surface area contributed by atoms with Crippen LogP contribution in [0, 0.1) is 0 Å². The van der Waals surface area contributed by atoms with E-state index in [-0.39, 0.29) is 6.61 Å². The third-order valence-electron chi connectivity index (χ3n) is 2.67. The third kappa shape index (κ3) is 3.34. The molecular formula is C15H13ClO3. The van der Waals surface area contributed by atoms with Gasteiger partial charge in [-0.1, -0.05) is 29.8 Å². The monoisotopic (exact) mass is 276 g/mol. The van der Waals surface area contributed by atoms with E-state index in [0.29, 0.717) is 34.8 Å². The van der Waals surface area contributed by atoms with E-state index in [1.165, 1.54) is 0 Å². The first-order valence-electron chi connectivity index (χ1n) is 5.86. The SMILES string of the molecule is O=Cc1cccc(Cl)c1Oc1ccc(CCO)cc1. The zero-order chi connectivity index (χ0) is 13.7. The van der Waals surface area contributed by atoms with Crippen molar-refractivity contribution >= 4 is 17.9 Å². The lowest BCUT2D eigenvalue weighted by Gasteiger charge is -2.10. The van der Waals surface area contributed by atoms with Crippen molar-refractivity contribution in [2.75, 3.05) is 6.61 Å². The second-order valence-electron chi connectivity index (χ2n) is 4.00. The number of aliphatic hydroxyl groups excluding tert-OH is 1. The molecule has 0 aliphatic heterocycles. The molecule has 0 saturated heterocycles. The number of hydrogen-bond donors (Lipinski definition) is 1. The van der Waals surface area contributed by atoms with Gasteiger partial charge in [-0.05, 0) is 36.2 Å². The van der Waals surface area contributed by atoms with Crippen LogP contribution in [-0.4, -0.2) is 18.0 Å². The smallest absolute Gasteiger partial charge is 0.156 e. The van der Waals surface area contributed by atoms with Crippen molar-refractivity contribution in [3.8, 4) is 11.5 Å². The summed E-state index contributed by atoms with van der Waals surface area (Å²) in [6.45, 7) is 0.111. The quantitative estimate of drug-likeness (QED) is 0.851. The number of para-hydroxylation sites is 1. The summed E-state index contributed by atoms with van der Waals surface area (Å²) in [5.74, 6) is 0.951. The van der Waals surface area contributed by atoms with Crippen LogP contribution in [0.15, 0.2) is 42.5 Å². The van der Waals surface area contributed by atoms with Gasteiger partial charge < -0.3 is 9.84 Å². The fraction of sp³-hybridized carbons (Fsp3) is 0.133. The van der Waals surface area contributed by atoms with Gasteiger partial charge in [-0.3, -0.25) is 4.79 Å². The first-order valence-corrected chi connectivity index (χ1v) is 6.23. The highest BCUT2D eigenvalue weighted by molar-refractivity contribution is 6.32. The molecule has 2 rings (SSSR count). The zero-order valence-corrected chi connectivity index (χ0v) is 10.9. The van der Waals surface area contributed by atoms with Crippen LogP contribution in [0.1, 0.15) is 15.9 Å². The molecule has 0 bridgehead atoms. The van der Waals surface area contributed by atoms with Crippen LogP contribution in [0.5, 0.6) is 11.5 Å². The van der Waals surface area contributed by atoms with Crippen LogP contribution in [-0.2, 0) is 6.42 Å². The molecule has 0 heterocycles. The van der Waals surface area contributed by atoms with Crippen molar-refractivity contribution in [3.63, 3.8) is 0 Å². The minimum atomic E-state index is 0.111. The molecular weight excluding hydrogens is 264 g/mol. The van der Waals surface area contributed by atoms with Crippen molar-refractivity contribution in [1.82, 2.24) is 0 Å². The number of aldehydes is 1. The summed E-state index contributed by atoms with van der Waals surface area (Å²) in [5, 5.41) is 9.23. The summed E-state index contributed by atoms with van der Waals surface area (Å²) in [6, 6.07) is 12.3. The molecule has 0 saturated carbocycles. The maximum atomic E-state index is 10.9. The Kier molecular flexibility index (Phi) is 4.55. The molecule has 2 aromatic rings. The Morgan fingerprint density at radius 1 is 1.16 bits per heavy atom. The van der Waals surface area contributed by atoms with Gasteiger partial charge in [0.1, 0.15) is 5.75 Å². The van der Waals surface area contributed by atoms with E-state index in [9.17, 15) is 4.79 Å². The fourth-order valence-corrected chi connectivity index (χ4v) is 1.92. The van der Waals surface area contributed by atoms with Gasteiger partial charge in [0, 0.05) is 6.61 Å². The second-order valence-corrected chi connectivity index (χ2v) is 4.40. The van der Waals surface area contributed by atoms with Crippen LogP contribution < -0.4 is 4.74 Å². The van der Waals surface area contributed by atoms with Crippen LogP contribution in [0.25, 0.3) is 0 Å². The molecule has 0 amide bonds. The van der Waals surface area contributed by atoms with Gasteiger partial charge in [-0.25, -0.2) is 0 Å². The van der Waals surface area contributed by atoms with Crippen LogP contribution in [0.2, 0.25) is 5.02 Å². The van der Waals surface area contributed by atoms with E-state index in [0.717, 1.165) is 5.56 Å². The van der Waals surface area contributed by atoms with Crippen molar-refractivity contribution in [2.45, 2.75) is 6.42 Å². The highest BCUT2D eigenvalue weighted by Crippen LogP contribution is 2.32. The molecule has 0 aliphatic carbocycles. The molecule has 0 aromatic heterocycles. The lowest BCUT2D eigenvalue weighted by molar-refractivity contribution is 0.112. The third-order valence-corrected chi connectivity index (χ3v) is 2.97. The Hall–Kier alpha value is -1.84. The largest absolute Gasteiger partial charge is 0.455 e. The van der Waals surface area contributed by atoms with Crippen LogP contribution in [0.4, 0.5) is 0 Å². The maximum Gasteiger partial charge on any atom is 0.156 e. The number of aliphatic hydroxyl groups is 1. The standard InChI is InChI=1S/C15H13ClO3/c16-14-3-1-2-12(10-18)15(14)19-13-6-4-11(5-7-13)8-9-17/h1-7,10,17H,8-9H2. The van der Waals surface area contributed by atoms with Gasteiger partial charge in [0.15, 0.2) is 12.0 Å². The normalized spacial score (nSPS) is 10.2. The number of halogens is 1. The lowest BCUT2D eigenvalue weighted by atomic mass is 10.1. The van der Waals surface area contributed by atoms with Crippen molar-refractivity contribution in [3.05, 3.63) is 58.6 Å². The Labute approximate surface area is 116 Å². The fourth-order valence-electron chi connectivity index (χ4n) is 1.70. The zero-order valence-electron chi connectivity index (χ0n) is 10.2. The van der Waals surface area contributed by atoms with Gasteiger partial charge in [0.25, 0.3) is 0 Å². The highest BCUT2D eigenvalue weighted by Gasteiger charge is 2.08. The minimum Gasteiger partial charge on any atom is -0.455 e. The summed E-state index contributed by atoms with van der Waals surface area (Å²) < 4.78 is 5.64. The van der Waals surface area contributed by atoms with E-state index in [1.54, 1.807) is 30.3 Å². The summed E-state index contributed by atoms with van der Waals surface area (Å²) in [5.41, 5.74) is 1.43. The summed E-state index contributed by atoms with van der Waals surface area (Å²) in [6.07, 6.45) is 1.31. The topological polar surface area (TPSA) is 46.5 Å². The first-order chi connectivity index (χ1) is 9.24. The van der Waals surface area contributed by atoms with E-state index < -0.39 is 0 Å². The minimum absolute atomic E-state index is 0.111. The Balaban J connectivity index is 2.23. The number of benzene rings is 2. The molecule has 19 heavy (non-hydrogen) atoms. The molecule has 4 heteroatoms. The van der Waals surface area contributed by atoms with Gasteiger partial charge >= 0.3 is 0 Å². The molecule has 3 nitrogen and oxygen atoms in total. The van der Waals surface area contributed by atoms with Crippen molar-refractivity contribution in [1.29, 1.82) is 0 Å². The van der Waals surface area contributed by atoms with Gasteiger partial charge in [0.05, 0.1) is 10.6 Å². The molecule has 0 fully saturated rings. The van der Waals surface area contributed by atoms with Crippen LogP contribution in [0.3, 0.4) is 0 Å².